The van der Waals surface area contributed by atoms with E-state index in [0.717, 1.165) is 29.9 Å². The molecular formula is C22H18Cl2F2N2O2. The average Bonchev–Trinajstić information content (AvgIpc) is 2.94. The predicted octanol–water partition coefficient (Wildman–Crippen LogP) is 5.29. The van der Waals surface area contributed by atoms with Crippen molar-refractivity contribution in [2.75, 3.05) is 18.0 Å². The van der Waals surface area contributed by atoms with Crippen molar-refractivity contribution in [2.24, 2.45) is 5.92 Å². The number of carbonyl (C=O) groups excluding carboxylic acids is 2. The molecule has 0 aromatic heterocycles. The van der Waals surface area contributed by atoms with E-state index in [-0.39, 0.29) is 22.0 Å². The molecule has 2 aliphatic heterocycles. The smallest absolute Gasteiger partial charge is 0.282 e. The van der Waals surface area contributed by atoms with Crippen LogP contribution in [-0.4, -0.2) is 29.8 Å². The highest BCUT2D eigenvalue weighted by Gasteiger charge is 2.43. The number of rotatable bonds is 3. The van der Waals surface area contributed by atoms with E-state index in [1.165, 1.54) is 12.1 Å². The minimum Gasteiger partial charge on any atom is -0.366 e. The molecule has 0 radical (unpaired) electrons. The summed E-state index contributed by atoms with van der Waals surface area (Å²) in [4.78, 5) is 29.6. The summed E-state index contributed by atoms with van der Waals surface area (Å²) < 4.78 is 27.2. The number of imide groups is 1. The van der Waals surface area contributed by atoms with E-state index in [1.54, 1.807) is 12.1 Å². The summed E-state index contributed by atoms with van der Waals surface area (Å²) in [6, 6.07) is 7.61. The van der Waals surface area contributed by atoms with Gasteiger partial charge in [0.05, 0.1) is 16.3 Å². The van der Waals surface area contributed by atoms with Gasteiger partial charge in [0.15, 0.2) is 11.6 Å². The van der Waals surface area contributed by atoms with Crippen LogP contribution in [0.1, 0.15) is 25.3 Å². The van der Waals surface area contributed by atoms with Crippen LogP contribution in [0.4, 0.5) is 14.5 Å². The Morgan fingerprint density at radius 1 is 1.00 bits per heavy atom. The number of hydrogen-bond donors (Lipinski definition) is 0. The molecule has 1 fully saturated rings. The molecule has 1 atom stereocenters. The lowest BCUT2D eigenvalue weighted by Gasteiger charge is -2.33. The number of nitrogens with zero attached hydrogens (tertiary/aromatic N) is 2. The topological polar surface area (TPSA) is 40.6 Å². The van der Waals surface area contributed by atoms with Crippen molar-refractivity contribution < 1.29 is 18.4 Å². The summed E-state index contributed by atoms with van der Waals surface area (Å²) in [6.45, 7) is 3.30. The van der Waals surface area contributed by atoms with Crippen LogP contribution >= 0.6 is 23.2 Å². The Morgan fingerprint density at radius 3 is 2.43 bits per heavy atom. The normalized spacial score (nSPS) is 19.8. The van der Waals surface area contributed by atoms with E-state index in [9.17, 15) is 18.4 Å². The van der Waals surface area contributed by atoms with E-state index >= 15 is 0 Å². The van der Waals surface area contributed by atoms with Gasteiger partial charge in [0.2, 0.25) is 0 Å². The highest BCUT2D eigenvalue weighted by Crippen LogP contribution is 2.39. The first-order chi connectivity index (χ1) is 14.3. The first-order valence-corrected chi connectivity index (χ1v) is 10.3. The highest BCUT2D eigenvalue weighted by molar-refractivity contribution is 6.47. The summed E-state index contributed by atoms with van der Waals surface area (Å²) in [7, 11) is 0. The zero-order valence-electron chi connectivity index (χ0n) is 16.1. The van der Waals surface area contributed by atoms with Gasteiger partial charge in [0.1, 0.15) is 5.70 Å². The molecule has 2 heterocycles. The van der Waals surface area contributed by atoms with Crippen LogP contribution in [-0.2, 0) is 9.59 Å². The Balaban J connectivity index is 1.87. The summed E-state index contributed by atoms with van der Waals surface area (Å²) in [5, 5.41) is 0.625. The van der Waals surface area contributed by atoms with Gasteiger partial charge in [-0.25, -0.2) is 13.7 Å². The summed E-state index contributed by atoms with van der Waals surface area (Å²) in [5.41, 5.74) is 0.699. The van der Waals surface area contributed by atoms with E-state index in [0.29, 0.717) is 29.6 Å². The molecule has 2 aliphatic rings. The second-order valence-corrected chi connectivity index (χ2v) is 8.43. The van der Waals surface area contributed by atoms with Crippen LogP contribution in [0.25, 0.3) is 5.57 Å². The molecule has 0 aliphatic carbocycles. The molecule has 0 saturated carbocycles. The Morgan fingerprint density at radius 2 is 1.77 bits per heavy atom. The third-order valence-electron chi connectivity index (χ3n) is 5.39. The van der Waals surface area contributed by atoms with Gasteiger partial charge in [0, 0.05) is 29.7 Å². The third kappa shape index (κ3) is 3.59. The second-order valence-electron chi connectivity index (χ2n) is 7.59. The molecule has 2 aromatic carbocycles. The fourth-order valence-electron chi connectivity index (χ4n) is 4.00. The van der Waals surface area contributed by atoms with Crippen LogP contribution in [0.3, 0.4) is 0 Å². The van der Waals surface area contributed by atoms with E-state index in [2.05, 4.69) is 6.92 Å². The maximum atomic E-state index is 13.8. The largest absolute Gasteiger partial charge is 0.366 e. The number of likely N-dealkylation sites (tertiary alicyclic amines) is 1. The first-order valence-electron chi connectivity index (χ1n) is 9.56. The molecule has 1 unspecified atom stereocenters. The van der Waals surface area contributed by atoms with E-state index < -0.39 is 23.4 Å². The molecule has 0 spiro atoms. The number of amides is 2. The van der Waals surface area contributed by atoms with Gasteiger partial charge < -0.3 is 4.90 Å². The minimum absolute atomic E-state index is 0.0356. The van der Waals surface area contributed by atoms with Crippen molar-refractivity contribution >= 4 is 46.3 Å². The number of carbonyl (C=O) groups is 2. The molecule has 156 valence electrons. The average molecular weight is 451 g/mol. The molecule has 8 heteroatoms. The summed E-state index contributed by atoms with van der Waals surface area (Å²) in [6.07, 6.45) is 1.90. The molecule has 4 nitrogen and oxygen atoms in total. The molecule has 4 rings (SSSR count). The second kappa shape index (κ2) is 8.00. The molecule has 30 heavy (non-hydrogen) atoms. The summed E-state index contributed by atoms with van der Waals surface area (Å²) >= 11 is 12.4. The number of benzene rings is 2. The Labute approximate surface area is 182 Å². The lowest BCUT2D eigenvalue weighted by atomic mass is 9.97. The van der Waals surface area contributed by atoms with Gasteiger partial charge in [-0.3, -0.25) is 9.59 Å². The SMILES string of the molecule is CC1CCCN(C2=C(c3ccc(Cl)cc3Cl)C(=O)N(c3ccc(F)c(F)c3)C2=O)C1. The van der Waals surface area contributed by atoms with Crippen molar-refractivity contribution in [1.82, 2.24) is 4.90 Å². The Bertz CT molecular complexity index is 1090. The number of piperidine rings is 1. The number of hydrogen-bond acceptors (Lipinski definition) is 3. The van der Waals surface area contributed by atoms with E-state index in [1.807, 2.05) is 4.90 Å². The zero-order valence-corrected chi connectivity index (χ0v) is 17.6. The lowest BCUT2D eigenvalue weighted by Crippen LogP contribution is -2.39. The van der Waals surface area contributed by atoms with Gasteiger partial charge >= 0.3 is 0 Å². The fourth-order valence-corrected chi connectivity index (χ4v) is 4.50. The van der Waals surface area contributed by atoms with Crippen molar-refractivity contribution in [2.45, 2.75) is 19.8 Å². The van der Waals surface area contributed by atoms with Gasteiger partial charge in [-0.05, 0) is 43.0 Å². The number of anilines is 1. The van der Waals surface area contributed by atoms with Gasteiger partial charge in [-0.2, -0.15) is 0 Å². The highest BCUT2D eigenvalue weighted by atomic mass is 35.5. The molecule has 0 bridgehead atoms. The van der Waals surface area contributed by atoms with Crippen molar-refractivity contribution in [3.8, 4) is 0 Å². The molecule has 2 aromatic rings. The van der Waals surface area contributed by atoms with Gasteiger partial charge in [0.25, 0.3) is 11.8 Å². The zero-order chi connectivity index (χ0) is 21.6. The van der Waals surface area contributed by atoms with Crippen molar-refractivity contribution in [1.29, 1.82) is 0 Å². The van der Waals surface area contributed by atoms with Gasteiger partial charge in [-0.1, -0.05) is 36.2 Å². The first kappa shape index (κ1) is 20.8. The quantitative estimate of drug-likeness (QED) is 0.596. The molecule has 2 amide bonds. The van der Waals surface area contributed by atoms with Crippen molar-refractivity contribution in [3.05, 3.63) is 69.3 Å². The monoisotopic (exact) mass is 450 g/mol. The van der Waals surface area contributed by atoms with Crippen LogP contribution in [0.2, 0.25) is 10.0 Å². The predicted molar refractivity (Wildman–Crippen MR) is 112 cm³/mol. The standard InChI is InChI=1S/C22H18Cl2F2N2O2/c1-12-3-2-8-27(11-12)20-19(15-6-4-13(23)9-16(15)24)21(29)28(22(20)30)14-5-7-17(25)18(26)10-14/h4-7,9-10,12H,2-3,8,11H2,1H3. The lowest BCUT2D eigenvalue weighted by molar-refractivity contribution is -0.120. The van der Waals surface area contributed by atoms with Crippen LogP contribution in [0, 0.1) is 17.6 Å². The number of halogens is 4. The Hall–Kier alpha value is -2.44. The maximum Gasteiger partial charge on any atom is 0.282 e. The van der Waals surface area contributed by atoms with Gasteiger partial charge in [-0.15, -0.1) is 0 Å². The van der Waals surface area contributed by atoms with E-state index in [4.69, 9.17) is 23.2 Å². The molecule has 0 N–H and O–H groups in total. The fraction of sp³-hybridized carbons (Fsp3) is 0.273. The maximum absolute atomic E-state index is 13.8. The van der Waals surface area contributed by atoms with Crippen molar-refractivity contribution in [3.63, 3.8) is 0 Å². The van der Waals surface area contributed by atoms with Crippen LogP contribution in [0.15, 0.2) is 42.1 Å². The molecule has 1 saturated heterocycles. The van der Waals surface area contributed by atoms with Crippen LogP contribution in [0.5, 0.6) is 0 Å². The molecular weight excluding hydrogens is 433 g/mol. The Kier molecular flexibility index (Phi) is 5.55. The summed E-state index contributed by atoms with van der Waals surface area (Å²) in [5.74, 6) is -3.07. The van der Waals surface area contributed by atoms with Crippen LogP contribution < -0.4 is 4.90 Å². The minimum atomic E-state index is -1.14. The third-order valence-corrected chi connectivity index (χ3v) is 5.94.